The third-order valence-corrected chi connectivity index (χ3v) is 6.67. The first-order chi connectivity index (χ1) is 14.4. The molecule has 3 aromatic rings. The molecule has 0 aliphatic carbocycles. The minimum atomic E-state index is -0.549. The molecular formula is C25H28N2O3. The second-order valence-corrected chi connectivity index (χ2v) is 8.99. The Morgan fingerprint density at radius 2 is 1.87 bits per heavy atom. The minimum Gasteiger partial charge on any atom is -0.486 e. The second kappa shape index (κ2) is 7.25. The Labute approximate surface area is 176 Å². The van der Waals surface area contributed by atoms with E-state index in [2.05, 4.69) is 35.0 Å². The number of hydrogen-bond donors (Lipinski definition) is 2. The van der Waals surface area contributed by atoms with Gasteiger partial charge >= 0.3 is 0 Å². The minimum absolute atomic E-state index is 0.183. The molecule has 5 nitrogen and oxygen atoms in total. The number of likely N-dealkylation sites (tertiary alicyclic amines) is 1. The van der Waals surface area contributed by atoms with Crippen LogP contribution in [-0.4, -0.2) is 46.0 Å². The number of ether oxygens (including phenoxy) is 1. The fraction of sp³-hybridized carbons (Fsp3) is 0.400. The van der Waals surface area contributed by atoms with E-state index in [0.717, 1.165) is 53.7 Å². The van der Waals surface area contributed by atoms with Gasteiger partial charge in [-0.1, -0.05) is 23.3 Å². The number of hydrogen-bond acceptors (Lipinski definition) is 4. The lowest BCUT2D eigenvalue weighted by Gasteiger charge is -2.44. The van der Waals surface area contributed by atoms with E-state index in [1.54, 1.807) is 0 Å². The molecule has 1 aromatic heterocycles. The number of nitrogens with zero attached hydrogens (tertiary/aromatic N) is 1. The summed E-state index contributed by atoms with van der Waals surface area (Å²) in [6.45, 7) is 6.27. The van der Waals surface area contributed by atoms with Crippen LogP contribution < -0.4 is 4.74 Å². The van der Waals surface area contributed by atoms with Gasteiger partial charge in [-0.05, 0) is 38.1 Å². The number of fused-ring (bicyclic) bond motifs is 2. The Kier molecular flexibility index (Phi) is 4.68. The van der Waals surface area contributed by atoms with Crippen molar-refractivity contribution >= 4 is 16.7 Å². The molecule has 0 amide bonds. The molecule has 0 bridgehead atoms. The Morgan fingerprint density at radius 1 is 1.13 bits per heavy atom. The molecule has 5 rings (SSSR count). The monoisotopic (exact) mass is 404 g/mol. The average Bonchev–Trinajstić information content (AvgIpc) is 3.14. The number of H-pyrrole nitrogens is 1. The smallest absolute Gasteiger partial charge is 0.170 e. The molecule has 0 unspecified atom stereocenters. The summed E-state index contributed by atoms with van der Waals surface area (Å²) in [6, 6.07) is 12.1. The number of aromatic nitrogens is 1. The number of aliphatic hydroxyl groups excluding tert-OH is 1. The molecule has 1 saturated heterocycles. The Hall–Kier alpha value is -2.63. The molecular weight excluding hydrogens is 376 g/mol. The first-order valence-corrected chi connectivity index (χ1v) is 10.7. The summed E-state index contributed by atoms with van der Waals surface area (Å²) in [5.41, 5.74) is 4.58. The number of β-amino-alcohol motifs (C(OH)–C–C–N with tert-alkyl or cyclic N) is 1. The predicted molar refractivity (Wildman–Crippen MR) is 117 cm³/mol. The van der Waals surface area contributed by atoms with Gasteiger partial charge in [0.05, 0.1) is 18.1 Å². The van der Waals surface area contributed by atoms with Crippen LogP contribution in [0.5, 0.6) is 5.75 Å². The van der Waals surface area contributed by atoms with Crippen molar-refractivity contribution in [2.24, 2.45) is 0 Å². The normalized spacial score (nSPS) is 19.6. The summed E-state index contributed by atoms with van der Waals surface area (Å²) < 4.78 is 6.37. The van der Waals surface area contributed by atoms with E-state index in [-0.39, 0.29) is 5.78 Å². The molecule has 1 spiro atoms. The van der Waals surface area contributed by atoms with Crippen LogP contribution in [0.4, 0.5) is 0 Å². The lowest BCUT2D eigenvalue weighted by molar-refractivity contribution is -0.0182. The van der Waals surface area contributed by atoms with Gasteiger partial charge in [-0.3, -0.25) is 4.79 Å². The van der Waals surface area contributed by atoms with Gasteiger partial charge in [-0.25, -0.2) is 0 Å². The van der Waals surface area contributed by atoms with Gasteiger partial charge in [0.1, 0.15) is 11.4 Å². The number of aromatic amines is 1. The summed E-state index contributed by atoms with van der Waals surface area (Å²) in [4.78, 5) is 18.3. The van der Waals surface area contributed by atoms with Crippen LogP contribution in [0.3, 0.4) is 0 Å². The van der Waals surface area contributed by atoms with Crippen LogP contribution in [-0.2, 0) is 0 Å². The van der Waals surface area contributed by atoms with Crippen LogP contribution in [0, 0.1) is 13.8 Å². The van der Waals surface area contributed by atoms with E-state index in [1.807, 2.05) is 31.3 Å². The van der Waals surface area contributed by atoms with Crippen molar-refractivity contribution in [3.05, 3.63) is 64.8 Å². The quantitative estimate of drug-likeness (QED) is 0.682. The Morgan fingerprint density at radius 3 is 2.67 bits per heavy atom. The van der Waals surface area contributed by atoms with E-state index < -0.39 is 11.7 Å². The van der Waals surface area contributed by atoms with Crippen molar-refractivity contribution in [1.82, 2.24) is 9.88 Å². The fourth-order valence-electron chi connectivity index (χ4n) is 4.90. The number of Topliss-reactive ketones (excluding diaryl/α,β-unsaturated/α-hetero) is 1. The third-order valence-electron chi connectivity index (χ3n) is 6.67. The number of ketones is 1. The zero-order valence-electron chi connectivity index (χ0n) is 17.6. The highest BCUT2D eigenvalue weighted by molar-refractivity contribution is 6.00. The molecule has 1 fully saturated rings. The molecule has 1 atom stereocenters. The summed E-state index contributed by atoms with van der Waals surface area (Å²) >= 11 is 0. The van der Waals surface area contributed by atoms with Crippen molar-refractivity contribution in [1.29, 1.82) is 0 Å². The molecule has 2 aromatic carbocycles. The number of carbonyl (C=O) groups is 1. The highest BCUT2D eigenvalue weighted by Crippen LogP contribution is 2.40. The summed E-state index contributed by atoms with van der Waals surface area (Å²) in [7, 11) is 0. The lowest BCUT2D eigenvalue weighted by atomic mass is 9.82. The summed E-state index contributed by atoms with van der Waals surface area (Å²) in [6.07, 6.45) is 3.41. The SMILES string of the molecule is Cc1ccc2c(c1)C(=O)CC1(CCN(C[C@@H](O)c3c[nH]c4ccc(C)cc34)CC1)O2. The zero-order chi connectivity index (χ0) is 20.9. The maximum absolute atomic E-state index is 12.7. The van der Waals surface area contributed by atoms with E-state index in [4.69, 9.17) is 4.74 Å². The molecule has 3 heterocycles. The maximum atomic E-state index is 12.7. The summed E-state index contributed by atoms with van der Waals surface area (Å²) in [5.74, 6) is 0.905. The van der Waals surface area contributed by atoms with Crippen LogP contribution in [0.1, 0.15) is 52.4 Å². The van der Waals surface area contributed by atoms with Crippen LogP contribution in [0.25, 0.3) is 10.9 Å². The summed E-state index contributed by atoms with van der Waals surface area (Å²) in [5, 5.41) is 12.0. The van der Waals surface area contributed by atoms with Crippen LogP contribution in [0.2, 0.25) is 0 Å². The zero-order valence-corrected chi connectivity index (χ0v) is 17.6. The molecule has 0 saturated carbocycles. The molecule has 2 N–H and O–H groups in total. The molecule has 5 heteroatoms. The topological polar surface area (TPSA) is 65.6 Å². The highest BCUT2D eigenvalue weighted by atomic mass is 16.5. The highest BCUT2D eigenvalue weighted by Gasteiger charge is 2.43. The van der Waals surface area contributed by atoms with Gasteiger partial charge in [0.25, 0.3) is 0 Å². The van der Waals surface area contributed by atoms with E-state index >= 15 is 0 Å². The van der Waals surface area contributed by atoms with Gasteiger partial charge in [0, 0.05) is 55.1 Å². The standard InChI is InChI=1S/C25H28N2O3/c1-16-3-5-21-18(11-16)20(14-26-21)23(29)15-27-9-7-25(8-10-27)13-22(28)19-12-17(2)4-6-24(19)30-25/h3-6,11-12,14,23,26,29H,7-10,13,15H2,1-2H3/t23-/m1/s1. The maximum Gasteiger partial charge on any atom is 0.170 e. The number of aliphatic hydroxyl groups is 1. The number of nitrogens with one attached hydrogen (secondary N) is 1. The average molecular weight is 405 g/mol. The largest absolute Gasteiger partial charge is 0.486 e. The van der Waals surface area contributed by atoms with Crippen molar-refractivity contribution in [2.75, 3.05) is 19.6 Å². The number of benzene rings is 2. The Balaban J connectivity index is 1.26. The fourth-order valence-corrected chi connectivity index (χ4v) is 4.90. The number of rotatable bonds is 3. The second-order valence-electron chi connectivity index (χ2n) is 8.99. The first-order valence-electron chi connectivity index (χ1n) is 10.7. The molecule has 0 radical (unpaired) electrons. The van der Waals surface area contributed by atoms with Crippen LogP contribution >= 0.6 is 0 Å². The van der Waals surface area contributed by atoms with Crippen LogP contribution in [0.15, 0.2) is 42.6 Å². The van der Waals surface area contributed by atoms with E-state index in [9.17, 15) is 9.90 Å². The van der Waals surface area contributed by atoms with Gasteiger partial charge in [0.15, 0.2) is 5.78 Å². The van der Waals surface area contributed by atoms with Crippen molar-refractivity contribution < 1.29 is 14.6 Å². The van der Waals surface area contributed by atoms with Crippen molar-refractivity contribution in [3.63, 3.8) is 0 Å². The number of aryl methyl sites for hydroxylation is 2. The number of piperidine rings is 1. The first kappa shape index (κ1) is 19.3. The van der Waals surface area contributed by atoms with Gasteiger partial charge < -0.3 is 19.7 Å². The molecule has 30 heavy (non-hydrogen) atoms. The molecule has 156 valence electrons. The van der Waals surface area contributed by atoms with Gasteiger partial charge in [-0.2, -0.15) is 0 Å². The van der Waals surface area contributed by atoms with Crippen molar-refractivity contribution in [3.8, 4) is 5.75 Å². The van der Waals surface area contributed by atoms with E-state index in [1.165, 1.54) is 5.56 Å². The third kappa shape index (κ3) is 3.42. The van der Waals surface area contributed by atoms with E-state index in [0.29, 0.717) is 18.5 Å². The van der Waals surface area contributed by atoms with Gasteiger partial charge in [0.2, 0.25) is 0 Å². The molecule has 2 aliphatic rings. The Bertz CT molecular complexity index is 1110. The van der Waals surface area contributed by atoms with Gasteiger partial charge in [-0.15, -0.1) is 0 Å². The molecule has 2 aliphatic heterocycles. The van der Waals surface area contributed by atoms with Crippen molar-refractivity contribution in [2.45, 2.75) is 44.8 Å². The number of carbonyl (C=O) groups excluding carboxylic acids is 1. The lowest BCUT2D eigenvalue weighted by Crippen LogP contribution is -2.51. The predicted octanol–water partition coefficient (Wildman–Crippen LogP) is 4.32.